The first-order valence-corrected chi connectivity index (χ1v) is 9.03. The van der Waals surface area contributed by atoms with Gasteiger partial charge in [-0.15, -0.1) is 0 Å². The number of ether oxygens (including phenoxy) is 1. The molecule has 2 rings (SSSR count). The van der Waals surface area contributed by atoms with Gasteiger partial charge < -0.3 is 10.1 Å². The summed E-state index contributed by atoms with van der Waals surface area (Å²) in [4.78, 5) is 28.4. The Morgan fingerprint density at radius 3 is 2.62 bits per heavy atom. The number of unbranched alkanes of at least 4 members (excludes halogenated alkanes) is 1. The maximum atomic E-state index is 12.1. The van der Waals surface area contributed by atoms with E-state index in [1.54, 1.807) is 18.3 Å². The van der Waals surface area contributed by atoms with Crippen LogP contribution < -0.4 is 10.1 Å². The van der Waals surface area contributed by atoms with Crippen LogP contribution in [0.1, 0.15) is 54.1 Å². The van der Waals surface area contributed by atoms with E-state index in [1.807, 2.05) is 31.2 Å². The van der Waals surface area contributed by atoms with E-state index in [0.717, 1.165) is 24.0 Å². The molecule has 2 aromatic rings. The number of aryl methyl sites for hydroxylation is 1. The summed E-state index contributed by atoms with van der Waals surface area (Å²) in [5, 5.41) is 2.83. The molecule has 0 spiro atoms. The highest BCUT2D eigenvalue weighted by Crippen LogP contribution is 2.14. The third-order valence-corrected chi connectivity index (χ3v) is 4.02. The second kappa shape index (κ2) is 10.3. The predicted molar refractivity (Wildman–Crippen MR) is 101 cm³/mol. The van der Waals surface area contributed by atoms with Gasteiger partial charge in [0.25, 0.3) is 0 Å². The predicted octanol–water partition coefficient (Wildman–Crippen LogP) is 3.85. The number of carbonyl (C=O) groups is 2. The number of rotatable bonds is 10. The van der Waals surface area contributed by atoms with Crippen molar-refractivity contribution in [2.45, 2.75) is 46.1 Å². The number of hydrogen-bond donors (Lipinski definition) is 1. The van der Waals surface area contributed by atoms with Gasteiger partial charge in [-0.2, -0.15) is 0 Å². The molecule has 26 heavy (non-hydrogen) atoms. The molecule has 0 atom stereocenters. The molecule has 5 heteroatoms. The monoisotopic (exact) mass is 354 g/mol. The van der Waals surface area contributed by atoms with Crippen molar-refractivity contribution in [3.8, 4) is 5.88 Å². The van der Waals surface area contributed by atoms with Crippen LogP contribution in [0.4, 0.5) is 0 Å². The first-order chi connectivity index (χ1) is 12.6. The second-order valence-corrected chi connectivity index (χ2v) is 6.24. The van der Waals surface area contributed by atoms with Crippen molar-refractivity contribution in [2.24, 2.45) is 0 Å². The number of amides is 1. The first kappa shape index (κ1) is 19.6. The van der Waals surface area contributed by atoms with Crippen molar-refractivity contribution in [3.05, 3.63) is 59.3 Å². The first-order valence-electron chi connectivity index (χ1n) is 9.03. The zero-order valence-corrected chi connectivity index (χ0v) is 15.5. The van der Waals surface area contributed by atoms with E-state index in [4.69, 9.17) is 4.74 Å². The van der Waals surface area contributed by atoms with Crippen molar-refractivity contribution >= 4 is 11.7 Å². The van der Waals surface area contributed by atoms with E-state index < -0.39 is 0 Å². The van der Waals surface area contributed by atoms with E-state index in [9.17, 15) is 9.59 Å². The van der Waals surface area contributed by atoms with Gasteiger partial charge >= 0.3 is 0 Å². The quantitative estimate of drug-likeness (QED) is 0.520. The maximum absolute atomic E-state index is 12.1. The molecule has 0 aliphatic heterocycles. The van der Waals surface area contributed by atoms with Gasteiger partial charge in [0.1, 0.15) is 0 Å². The fourth-order valence-electron chi connectivity index (χ4n) is 2.39. The molecule has 0 aliphatic carbocycles. The molecular formula is C21H26N2O3. The number of nitrogens with one attached hydrogen (secondary N) is 1. The number of aromatic nitrogens is 1. The molecule has 1 aromatic heterocycles. The largest absolute Gasteiger partial charge is 0.477 e. The van der Waals surface area contributed by atoms with Crippen LogP contribution in [0.25, 0.3) is 0 Å². The number of nitrogens with zero attached hydrogens (tertiary/aromatic N) is 1. The molecular weight excluding hydrogens is 328 g/mol. The minimum atomic E-state index is -0.158. The SMILES string of the molecule is CCCCOc1ncccc1CNC(=O)CCC(=O)c1ccc(C)cc1. The number of benzene rings is 1. The van der Waals surface area contributed by atoms with Crippen LogP contribution in [0.15, 0.2) is 42.6 Å². The van der Waals surface area contributed by atoms with Gasteiger partial charge in [-0.25, -0.2) is 4.98 Å². The van der Waals surface area contributed by atoms with Crippen LogP contribution in [-0.2, 0) is 11.3 Å². The van der Waals surface area contributed by atoms with Crippen LogP contribution >= 0.6 is 0 Å². The number of Topliss-reactive ketones (excluding diaryl/α,β-unsaturated/α-hetero) is 1. The van der Waals surface area contributed by atoms with Gasteiger partial charge in [-0.05, 0) is 19.4 Å². The number of carbonyl (C=O) groups excluding carboxylic acids is 2. The van der Waals surface area contributed by atoms with Crippen molar-refractivity contribution in [1.29, 1.82) is 0 Å². The summed E-state index contributed by atoms with van der Waals surface area (Å²) in [6.45, 7) is 5.02. The molecule has 138 valence electrons. The molecule has 0 fully saturated rings. The minimum Gasteiger partial charge on any atom is -0.477 e. The average Bonchev–Trinajstić information content (AvgIpc) is 2.66. The smallest absolute Gasteiger partial charge is 0.220 e. The summed E-state index contributed by atoms with van der Waals surface area (Å²) >= 11 is 0. The summed E-state index contributed by atoms with van der Waals surface area (Å²) in [7, 11) is 0. The van der Waals surface area contributed by atoms with Gasteiger partial charge in [0.2, 0.25) is 11.8 Å². The lowest BCUT2D eigenvalue weighted by atomic mass is 10.0. The standard InChI is InChI=1S/C21H26N2O3/c1-3-4-14-26-21-18(6-5-13-22-21)15-23-20(25)12-11-19(24)17-9-7-16(2)8-10-17/h5-10,13H,3-4,11-12,14-15H2,1-2H3,(H,23,25). The lowest BCUT2D eigenvalue weighted by Gasteiger charge is -2.10. The number of pyridine rings is 1. The van der Waals surface area contributed by atoms with E-state index >= 15 is 0 Å². The molecule has 0 unspecified atom stereocenters. The minimum absolute atomic E-state index is 0.0230. The van der Waals surface area contributed by atoms with Crippen LogP contribution in [0.2, 0.25) is 0 Å². The van der Waals surface area contributed by atoms with Crippen molar-refractivity contribution < 1.29 is 14.3 Å². The summed E-state index contributed by atoms with van der Waals surface area (Å²) in [5.74, 6) is 0.371. The van der Waals surface area contributed by atoms with Gasteiger partial charge in [-0.1, -0.05) is 49.2 Å². The topological polar surface area (TPSA) is 68.3 Å². The Kier molecular flexibility index (Phi) is 7.80. The molecule has 5 nitrogen and oxygen atoms in total. The molecule has 1 aromatic carbocycles. The Balaban J connectivity index is 1.80. The normalized spacial score (nSPS) is 10.4. The maximum Gasteiger partial charge on any atom is 0.220 e. The van der Waals surface area contributed by atoms with Gasteiger partial charge in [0.15, 0.2) is 5.78 Å². The zero-order valence-electron chi connectivity index (χ0n) is 15.5. The third-order valence-electron chi connectivity index (χ3n) is 4.02. The van der Waals surface area contributed by atoms with Crippen molar-refractivity contribution in [1.82, 2.24) is 10.3 Å². The fraction of sp³-hybridized carbons (Fsp3) is 0.381. The highest BCUT2D eigenvalue weighted by Gasteiger charge is 2.11. The van der Waals surface area contributed by atoms with Crippen LogP contribution in [0, 0.1) is 6.92 Å². The highest BCUT2D eigenvalue weighted by atomic mass is 16.5. The van der Waals surface area contributed by atoms with Gasteiger partial charge in [0, 0.05) is 36.7 Å². The van der Waals surface area contributed by atoms with Crippen LogP contribution in [0.5, 0.6) is 5.88 Å². The lowest BCUT2D eigenvalue weighted by molar-refractivity contribution is -0.121. The van der Waals surface area contributed by atoms with E-state index in [0.29, 0.717) is 24.6 Å². The Labute approximate surface area is 154 Å². The van der Waals surface area contributed by atoms with Gasteiger partial charge in [-0.3, -0.25) is 9.59 Å². The summed E-state index contributed by atoms with van der Waals surface area (Å²) < 4.78 is 5.66. The van der Waals surface area contributed by atoms with Crippen molar-refractivity contribution in [2.75, 3.05) is 6.61 Å². The zero-order chi connectivity index (χ0) is 18.8. The molecule has 0 aliphatic rings. The third kappa shape index (κ3) is 6.31. The number of hydrogen-bond acceptors (Lipinski definition) is 4. The number of ketones is 1. The van der Waals surface area contributed by atoms with E-state index in [1.165, 1.54) is 0 Å². The van der Waals surface area contributed by atoms with Crippen LogP contribution in [0.3, 0.4) is 0 Å². The Hall–Kier alpha value is -2.69. The Morgan fingerprint density at radius 2 is 1.88 bits per heavy atom. The fourth-order valence-corrected chi connectivity index (χ4v) is 2.39. The van der Waals surface area contributed by atoms with Crippen molar-refractivity contribution in [3.63, 3.8) is 0 Å². The molecule has 0 radical (unpaired) electrons. The molecule has 0 bridgehead atoms. The van der Waals surface area contributed by atoms with Gasteiger partial charge in [0.05, 0.1) is 6.61 Å². The summed E-state index contributed by atoms with van der Waals surface area (Å²) in [6.07, 6.45) is 4.05. The molecule has 1 amide bonds. The summed E-state index contributed by atoms with van der Waals surface area (Å²) in [6, 6.07) is 11.1. The average molecular weight is 354 g/mol. The highest BCUT2D eigenvalue weighted by molar-refractivity contribution is 5.97. The Morgan fingerprint density at radius 1 is 1.12 bits per heavy atom. The molecule has 0 saturated carbocycles. The molecule has 1 N–H and O–H groups in total. The molecule has 0 saturated heterocycles. The molecule has 1 heterocycles. The van der Waals surface area contributed by atoms with E-state index in [2.05, 4.69) is 17.2 Å². The van der Waals surface area contributed by atoms with Crippen LogP contribution in [-0.4, -0.2) is 23.3 Å². The Bertz CT molecular complexity index is 726. The summed E-state index contributed by atoms with van der Waals surface area (Å²) in [5.41, 5.74) is 2.58. The lowest BCUT2D eigenvalue weighted by Crippen LogP contribution is -2.23. The van der Waals surface area contributed by atoms with E-state index in [-0.39, 0.29) is 24.5 Å². The second-order valence-electron chi connectivity index (χ2n) is 6.24.